The standard InChI is InChI=1S/C14H13FN2O3/c1-20-9-2-3-11(10(15)4-9)17-12(18)14-5-8(6-14)7-16(14)13(17)19/h2-4,8H,5-7H2,1H3. The first-order chi connectivity index (χ1) is 9.56. The number of hydrogen-bond donors (Lipinski definition) is 0. The summed E-state index contributed by atoms with van der Waals surface area (Å²) < 4.78 is 19.0. The van der Waals surface area contributed by atoms with Crippen molar-refractivity contribution < 1.29 is 18.7 Å². The molecule has 20 heavy (non-hydrogen) atoms. The highest BCUT2D eigenvalue weighted by Crippen LogP contribution is 2.55. The van der Waals surface area contributed by atoms with Gasteiger partial charge in [-0.1, -0.05) is 0 Å². The third kappa shape index (κ3) is 1.17. The van der Waals surface area contributed by atoms with Crippen LogP contribution in [-0.4, -0.2) is 36.0 Å². The molecule has 5 nitrogen and oxygen atoms in total. The minimum Gasteiger partial charge on any atom is -0.497 e. The summed E-state index contributed by atoms with van der Waals surface area (Å²) in [5.41, 5.74) is -0.679. The summed E-state index contributed by atoms with van der Waals surface area (Å²) in [6.07, 6.45) is 1.43. The van der Waals surface area contributed by atoms with Crippen molar-refractivity contribution in [2.45, 2.75) is 18.4 Å². The minimum absolute atomic E-state index is 0.00743. The van der Waals surface area contributed by atoms with Crippen molar-refractivity contribution >= 4 is 17.6 Å². The lowest BCUT2D eigenvalue weighted by molar-refractivity contribution is -0.126. The van der Waals surface area contributed by atoms with E-state index in [1.54, 1.807) is 11.0 Å². The van der Waals surface area contributed by atoms with Gasteiger partial charge in [-0.2, -0.15) is 0 Å². The number of rotatable bonds is 2. The molecule has 4 aliphatic rings. The van der Waals surface area contributed by atoms with E-state index in [1.807, 2.05) is 0 Å². The van der Waals surface area contributed by atoms with E-state index in [-0.39, 0.29) is 11.6 Å². The van der Waals surface area contributed by atoms with E-state index >= 15 is 0 Å². The lowest BCUT2D eigenvalue weighted by Gasteiger charge is -2.34. The van der Waals surface area contributed by atoms with Crippen LogP contribution in [0.1, 0.15) is 12.8 Å². The van der Waals surface area contributed by atoms with Gasteiger partial charge in [0.2, 0.25) is 0 Å². The van der Waals surface area contributed by atoms with Gasteiger partial charge in [0.05, 0.1) is 12.8 Å². The number of carbonyl (C=O) groups excluding carboxylic acids is 2. The van der Waals surface area contributed by atoms with Crippen molar-refractivity contribution in [1.82, 2.24) is 4.90 Å². The molecule has 1 spiro atoms. The fourth-order valence-corrected chi connectivity index (χ4v) is 3.65. The zero-order valence-electron chi connectivity index (χ0n) is 10.9. The first kappa shape index (κ1) is 11.7. The van der Waals surface area contributed by atoms with Gasteiger partial charge in [0.1, 0.15) is 11.3 Å². The molecule has 6 heteroatoms. The SMILES string of the molecule is COc1ccc(N2C(=O)N3CC4CC3(C4)C2=O)c(F)c1. The molecule has 3 amide bonds. The molecule has 5 rings (SSSR count). The van der Waals surface area contributed by atoms with Crippen molar-refractivity contribution in [3.63, 3.8) is 0 Å². The number of benzene rings is 1. The second-order valence-electron chi connectivity index (χ2n) is 5.66. The third-order valence-corrected chi connectivity index (χ3v) is 4.63. The van der Waals surface area contributed by atoms with Crippen molar-refractivity contribution in [1.29, 1.82) is 0 Å². The van der Waals surface area contributed by atoms with Crippen LogP contribution in [0.15, 0.2) is 18.2 Å². The Bertz CT molecular complexity index is 637. The lowest BCUT2D eigenvalue weighted by Crippen LogP contribution is -2.49. The van der Waals surface area contributed by atoms with Gasteiger partial charge in [-0.3, -0.25) is 4.79 Å². The van der Waals surface area contributed by atoms with Crippen LogP contribution in [0.2, 0.25) is 0 Å². The van der Waals surface area contributed by atoms with E-state index in [0.717, 1.165) is 4.90 Å². The van der Waals surface area contributed by atoms with Gasteiger partial charge in [-0.15, -0.1) is 0 Å². The van der Waals surface area contributed by atoms with Crippen molar-refractivity contribution in [2.24, 2.45) is 5.92 Å². The summed E-state index contributed by atoms with van der Waals surface area (Å²) >= 11 is 0. The topological polar surface area (TPSA) is 49.9 Å². The minimum atomic E-state index is -0.686. The number of halogens is 1. The van der Waals surface area contributed by atoms with Crippen LogP contribution in [0.4, 0.5) is 14.9 Å². The third-order valence-electron chi connectivity index (χ3n) is 4.63. The van der Waals surface area contributed by atoms with E-state index in [9.17, 15) is 14.0 Å². The fraction of sp³-hybridized carbons (Fsp3) is 0.429. The zero-order chi connectivity index (χ0) is 14.1. The number of methoxy groups -OCH3 is 1. The van der Waals surface area contributed by atoms with Gasteiger partial charge in [-0.05, 0) is 30.9 Å². The maximum Gasteiger partial charge on any atom is 0.332 e. The molecule has 0 radical (unpaired) electrons. The molecular formula is C14H13FN2O3. The van der Waals surface area contributed by atoms with E-state index in [0.29, 0.717) is 31.1 Å². The van der Waals surface area contributed by atoms with Crippen LogP contribution in [0.5, 0.6) is 5.75 Å². The number of amides is 3. The molecule has 3 saturated heterocycles. The highest BCUT2D eigenvalue weighted by atomic mass is 19.1. The number of carbonyl (C=O) groups is 2. The molecule has 3 heterocycles. The van der Waals surface area contributed by atoms with E-state index in [4.69, 9.17) is 4.74 Å². The Morgan fingerprint density at radius 3 is 2.70 bits per heavy atom. The van der Waals surface area contributed by atoms with E-state index in [2.05, 4.69) is 0 Å². The Morgan fingerprint density at radius 2 is 2.10 bits per heavy atom. The Kier molecular flexibility index (Phi) is 2.05. The summed E-state index contributed by atoms with van der Waals surface area (Å²) in [7, 11) is 1.43. The molecule has 0 aromatic heterocycles. The molecule has 3 aliphatic heterocycles. The van der Waals surface area contributed by atoms with E-state index in [1.165, 1.54) is 19.2 Å². The number of urea groups is 1. The summed E-state index contributed by atoms with van der Waals surface area (Å²) in [5.74, 6) is -0.127. The smallest absolute Gasteiger partial charge is 0.332 e. The molecule has 1 aromatic rings. The Hall–Kier alpha value is -2.11. The molecule has 0 N–H and O–H groups in total. The quantitative estimate of drug-likeness (QED) is 0.773. The van der Waals surface area contributed by atoms with Gasteiger partial charge < -0.3 is 9.64 Å². The predicted octanol–water partition coefficient (Wildman–Crippen LogP) is 1.77. The molecule has 1 saturated carbocycles. The Balaban J connectivity index is 1.76. The average Bonchev–Trinajstić information content (AvgIpc) is 3.00. The lowest BCUT2D eigenvalue weighted by atomic mass is 9.73. The second-order valence-corrected chi connectivity index (χ2v) is 5.66. The summed E-state index contributed by atoms with van der Waals surface area (Å²) in [6, 6.07) is 3.74. The molecule has 4 fully saturated rings. The summed E-state index contributed by atoms with van der Waals surface area (Å²) in [4.78, 5) is 27.5. The van der Waals surface area contributed by atoms with Gasteiger partial charge in [0, 0.05) is 12.6 Å². The zero-order valence-corrected chi connectivity index (χ0v) is 10.9. The van der Waals surface area contributed by atoms with Crippen LogP contribution in [-0.2, 0) is 4.79 Å². The monoisotopic (exact) mass is 276 g/mol. The maximum atomic E-state index is 14.1. The Labute approximate surface area is 114 Å². The van der Waals surface area contributed by atoms with Crippen LogP contribution >= 0.6 is 0 Å². The van der Waals surface area contributed by atoms with Gasteiger partial charge in [0.25, 0.3) is 5.91 Å². The fourth-order valence-electron chi connectivity index (χ4n) is 3.65. The van der Waals surface area contributed by atoms with Gasteiger partial charge in [0.15, 0.2) is 5.82 Å². The molecule has 2 bridgehead atoms. The molecule has 104 valence electrons. The van der Waals surface area contributed by atoms with Crippen molar-refractivity contribution in [2.75, 3.05) is 18.6 Å². The molecule has 0 unspecified atom stereocenters. The molecule has 0 atom stereocenters. The van der Waals surface area contributed by atoms with Crippen molar-refractivity contribution in [3.05, 3.63) is 24.0 Å². The largest absolute Gasteiger partial charge is 0.497 e. The van der Waals surface area contributed by atoms with Gasteiger partial charge in [-0.25, -0.2) is 14.1 Å². The molecule has 1 aromatic carbocycles. The summed E-state index contributed by atoms with van der Waals surface area (Å²) in [5, 5.41) is 0. The number of hydrogen-bond acceptors (Lipinski definition) is 3. The number of nitrogens with zero attached hydrogens (tertiary/aromatic N) is 2. The van der Waals surface area contributed by atoms with Crippen molar-refractivity contribution in [3.8, 4) is 5.75 Å². The summed E-state index contributed by atoms with van der Waals surface area (Å²) in [6.45, 7) is 0.610. The first-order valence-electron chi connectivity index (χ1n) is 6.56. The van der Waals surface area contributed by atoms with Crippen LogP contribution in [0.25, 0.3) is 0 Å². The van der Waals surface area contributed by atoms with Gasteiger partial charge >= 0.3 is 6.03 Å². The Morgan fingerprint density at radius 1 is 1.35 bits per heavy atom. The van der Waals surface area contributed by atoms with Crippen LogP contribution in [0, 0.1) is 11.7 Å². The van der Waals surface area contributed by atoms with E-state index < -0.39 is 17.4 Å². The highest BCUT2D eigenvalue weighted by Gasteiger charge is 2.69. The maximum absolute atomic E-state index is 14.1. The second kappa shape index (κ2) is 3.50. The number of anilines is 1. The molecular weight excluding hydrogens is 263 g/mol. The van der Waals surface area contributed by atoms with Crippen LogP contribution < -0.4 is 9.64 Å². The molecule has 1 aliphatic carbocycles. The number of ether oxygens (including phenoxy) is 1. The normalized spacial score (nSPS) is 30.6. The predicted molar refractivity (Wildman–Crippen MR) is 68.0 cm³/mol. The highest BCUT2D eigenvalue weighted by molar-refractivity contribution is 6.24. The average molecular weight is 276 g/mol. The number of imide groups is 1. The first-order valence-corrected chi connectivity index (χ1v) is 6.56. The van der Waals surface area contributed by atoms with Crippen LogP contribution in [0.3, 0.4) is 0 Å².